The van der Waals surface area contributed by atoms with E-state index in [2.05, 4.69) is 15.9 Å². The van der Waals surface area contributed by atoms with E-state index < -0.39 is 0 Å². The summed E-state index contributed by atoms with van der Waals surface area (Å²) in [5.74, 6) is 0.767. The fraction of sp³-hybridized carbons (Fsp3) is 0.550. The molecular formula is C20H27BrO3. The van der Waals surface area contributed by atoms with Gasteiger partial charge in [0.25, 0.3) is 0 Å². The number of hydrogen-bond acceptors (Lipinski definition) is 3. The molecular weight excluding hydrogens is 368 g/mol. The topological polar surface area (TPSA) is 39.4 Å². The van der Waals surface area contributed by atoms with E-state index in [1.165, 1.54) is 57.4 Å². The van der Waals surface area contributed by atoms with Gasteiger partial charge in [0.2, 0.25) is 0 Å². The van der Waals surface area contributed by atoms with Crippen LogP contribution in [0.4, 0.5) is 0 Å². The van der Waals surface area contributed by atoms with Crippen LogP contribution in [-0.4, -0.2) is 11.9 Å². The maximum Gasteiger partial charge on any atom is 0.336 e. The average Bonchev–Trinajstić information content (AvgIpc) is 2.59. The largest absolute Gasteiger partial charge is 0.493 e. The summed E-state index contributed by atoms with van der Waals surface area (Å²) in [6, 6.07) is 8.84. The SMILES string of the molecule is O=c1ccc2ccc(OCCCCCCCCCCCBr)cc2o1. The van der Waals surface area contributed by atoms with Crippen LogP contribution in [0.3, 0.4) is 0 Å². The molecule has 0 atom stereocenters. The third kappa shape index (κ3) is 7.08. The molecule has 2 aromatic rings. The van der Waals surface area contributed by atoms with Crippen LogP contribution in [0.25, 0.3) is 11.0 Å². The Labute approximate surface area is 152 Å². The Morgan fingerprint density at radius 2 is 1.46 bits per heavy atom. The number of ether oxygens (including phenoxy) is 1. The van der Waals surface area contributed by atoms with E-state index in [4.69, 9.17) is 9.15 Å². The average molecular weight is 395 g/mol. The van der Waals surface area contributed by atoms with Gasteiger partial charge >= 0.3 is 5.63 Å². The molecule has 0 aliphatic carbocycles. The Bertz CT molecular complexity index is 651. The lowest BCUT2D eigenvalue weighted by Gasteiger charge is -2.07. The third-order valence-corrected chi connectivity index (χ3v) is 4.70. The molecule has 1 aromatic carbocycles. The van der Waals surface area contributed by atoms with Crippen molar-refractivity contribution >= 4 is 26.9 Å². The Kier molecular flexibility index (Phi) is 8.96. The molecule has 132 valence electrons. The smallest absolute Gasteiger partial charge is 0.336 e. The first-order valence-electron chi connectivity index (χ1n) is 9.02. The number of hydrogen-bond donors (Lipinski definition) is 0. The molecule has 0 N–H and O–H groups in total. The first kappa shape index (κ1) is 19.0. The molecule has 0 aliphatic rings. The maximum atomic E-state index is 11.2. The number of rotatable bonds is 12. The van der Waals surface area contributed by atoms with E-state index in [1.807, 2.05) is 12.1 Å². The van der Waals surface area contributed by atoms with Crippen molar-refractivity contribution in [2.24, 2.45) is 0 Å². The van der Waals surface area contributed by atoms with Crippen LogP contribution < -0.4 is 10.4 Å². The molecule has 0 radical (unpaired) electrons. The molecule has 0 saturated heterocycles. The predicted octanol–water partition coefficient (Wildman–Crippen LogP) is 6.08. The van der Waals surface area contributed by atoms with Gasteiger partial charge in [-0.1, -0.05) is 60.9 Å². The van der Waals surface area contributed by atoms with Crippen LogP contribution >= 0.6 is 15.9 Å². The van der Waals surface area contributed by atoms with E-state index in [-0.39, 0.29) is 5.63 Å². The summed E-state index contributed by atoms with van der Waals surface area (Å²) in [5.41, 5.74) is 0.256. The molecule has 1 aromatic heterocycles. The number of alkyl halides is 1. The number of fused-ring (bicyclic) bond motifs is 1. The van der Waals surface area contributed by atoms with E-state index >= 15 is 0 Å². The number of halogens is 1. The minimum atomic E-state index is -0.327. The van der Waals surface area contributed by atoms with Gasteiger partial charge in [-0.2, -0.15) is 0 Å². The summed E-state index contributed by atoms with van der Waals surface area (Å²) in [4.78, 5) is 11.2. The minimum absolute atomic E-state index is 0.327. The van der Waals surface area contributed by atoms with E-state index in [0.717, 1.165) is 22.9 Å². The fourth-order valence-corrected chi connectivity index (χ4v) is 3.15. The molecule has 4 heteroatoms. The quantitative estimate of drug-likeness (QED) is 0.248. The van der Waals surface area contributed by atoms with Gasteiger partial charge in [0.1, 0.15) is 11.3 Å². The first-order valence-corrected chi connectivity index (χ1v) is 10.1. The summed E-state index contributed by atoms with van der Waals surface area (Å²) in [6.45, 7) is 0.716. The lowest BCUT2D eigenvalue weighted by Crippen LogP contribution is -1.98. The van der Waals surface area contributed by atoms with Gasteiger partial charge in [-0.15, -0.1) is 0 Å². The second kappa shape index (κ2) is 11.3. The molecule has 24 heavy (non-hydrogen) atoms. The van der Waals surface area contributed by atoms with Gasteiger partial charge in [-0.3, -0.25) is 0 Å². The first-order chi connectivity index (χ1) is 11.8. The molecule has 2 rings (SSSR count). The highest BCUT2D eigenvalue weighted by atomic mass is 79.9. The molecule has 0 fully saturated rings. The van der Waals surface area contributed by atoms with Crippen molar-refractivity contribution in [3.8, 4) is 5.75 Å². The monoisotopic (exact) mass is 394 g/mol. The van der Waals surface area contributed by atoms with Crippen LogP contribution in [0.5, 0.6) is 5.75 Å². The second-order valence-corrected chi connectivity index (χ2v) is 6.97. The normalized spacial score (nSPS) is 11.0. The highest BCUT2D eigenvalue weighted by molar-refractivity contribution is 9.09. The van der Waals surface area contributed by atoms with Crippen LogP contribution in [0.15, 0.2) is 39.5 Å². The minimum Gasteiger partial charge on any atom is -0.493 e. The summed E-state index contributed by atoms with van der Waals surface area (Å²) < 4.78 is 10.9. The summed E-state index contributed by atoms with van der Waals surface area (Å²) in [7, 11) is 0. The Balaban J connectivity index is 1.55. The molecule has 1 heterocycles. The lowest BCUT2D eigenvalue weighted by molar-refractivity contribution is 0.304. The van der Waals surface area contributed by atoms with Crippen molar-refractivity contribution in [1.29, 1.82) is 0 Å². The predicted molar refractivity (Wildman–Crippen MR) is 103 cm³/mol. The maximum absolute atomic E-state index is 11.2. The highest BCUT2D eigenvalue weighted by Crippen LogP contribution is 2.20. The molecule has 0 unspecified atom stereocenters. The Morgan fingerprint density at radius 3 is 2.17 bits per heavy atom. The summed E-state index contributed by atoms with van der Waals surface area (Å²) in [6.07, 6.45) is 11.6. The van der Waals surface area contributed by atoms with Crippen molar-refractivity contribution in [2.75, 3.05) is 11.9 Å². The third-order valence-electron chi connectivity index (χ3n) is 4.14. The summed E-state index contributed by atoms with van der Waals surface area (Å²) in [5, 5.41) is 2.05. The second-order valence-electron chi connectivity index (χ2n) is 6.17. The number of unbranched alkanes of at least 4 members (excludes halogenated alkanes) is 8. The molecule has 3 nitrogen and oxygen atoms in total. The van der Waals surface area contributed by atoms with Crippen LogP contribution in [-0.2, 0) is 0 Å². The zero-order chi connectivity index (χ0) is 17.0. The van der Waals surface area contributed by atoms with Gasteiger partial charge < -0.3 is 9.15 Å². The Hall–Kier alpha value is -1.29. The van der Waals surface area contributed by atoms with Crippen molar-refractivity contribution in [3.63, 3.8) is 0 Å². The highest BCUT2D eigenvalue weighted by Gasteiger charge is 2.00. The van der Waals surface area contributed by atoms with Crippen molar-refractivity contribution in [1.82, 2.24) is 0 Å². The molecule has 0 spiro atoms. The van der Waals surface area contributed by atoms with Crippen molar-refractivity contribution in [3.05, 3.63) is 40.8 Å². The van der Waals surface area contributed by atoms with Gasteiger partial charge in [0.05, 0.1) is 6.61 Å². The lowest BCUT2D eigenvalue weighted by atomic mass is 10.1. The molecule has 0 amide bonds. The van der Waals surface area contributed by atoms with Gasteiger partial charge in [-0.25, -0.2) is 4.79 Å². The van der Waals surface area contributed by atoms with Gasteiger partial charge in [-0.05, 0) is 31.0 Å². The number of benzene rings is 1. The van der Waals surface area contributed by atoms with E-state index in [1.54, 1.807) is 12.1 Å². The van der Waals surface area contributed by atoms with Crippen molar-refractivity contribution < 1.29 is 9.15 Å². The van der Waals surface area contributed by atoms with Crippen LogP contribution in [0.2, 0.25) is 0 Å². The standard InChI is InChI=1S/C20H27BrO3/c21-14-8-6-4-2-1-3-5-7-9-15-23-18-12-10-17-11-13-20(22)24-19(17)16-18/h10-13,16H,1-9,14-15H2. The van der Waals surface area contributed by atoms with Crippen LogP contribution in [0.1, 0.15) is 57.8 Å². The molecule has 0 saturated carbocycles. The fourth-order valence-electron chi connectivity index (χ4n) is 2.75. The zero-order valence-corrected chi connectivity index (χ0v) is 15.9. The summed E-state index contributed by atoms with van der Waals surface area (Å²) >= 11 is 3.47. The van der Waals surface area contributed by atoms with E-state index in [9.17, 15) is 4.79 Å². The van der Waals surface area contributed by atoms with Gasteiger partial charge in [0, 0.05) is 22.8 Å². The van der Waals surface area contributed by atoms with Gasteiger partial charge in [0.15, 0.2) is 0 Å². The Morgan fingerprint density at radius 1 is 0.833 bits per heavy atom. The van der Waals surface area contributed by atoms with E-state index in [0.29, 0.717) is 12.2 Å². The zero-order valence-electron chi connectivity index (χ0n) is 14.3. The molecule has 0 aliphatic heterocycles. The molecule has 0 bridgehead atoms. The van der Waals surface area contributed by atoms with Crippen LogP contribution in [0, 0.1) is 0 Å². The van der Waals surface area contributed by atoms with Crippen molar-refractivity contribution in [2.45, 2.75) is 57.8 Å².